The van der Waals surface area contributed by atoms with Crippen LogP contribution in [0.1, 0.15) is 24.8 Å². The summed E-state index contributed by atoms with van der Waals surface area (Å²) in [6, 6.07) is 11.5. The molecule has 2 bridgehead atoms. The molecule has 0 radical (unpaired) electrons. The molecule has 2 aliphatic rings. The van der Waals surface area contributed by atoms with Crippen LogP contribution in [0.4, 0.5) is 13.6 Å². The van der Waals surface area contributed by atoms with Gasteiger partial charge < -0.3 is 19.7 Å². The maximum atomic E-state index is 14.5. The minimum Gasteiger partial charge on any atom is -0.492 e. The molecule has 0 aliphatic carbocycles. The Morgan fingerprint density at radius 1 is 1.12 bits per heavy atom. The van der Waals surface area contributed by atoms with Crippen molar-refractivity contribution in [2.24, 2.45) is 0 Å². The van der Waals surface area contributed by atoms with Crippen LogP contribution in [-0.4, -0.2) is 49.2 Å². The van der Waals surface area contributed by atoms with E-state index in [-0.39, 0.29) is 29.6 Å². The number of nitrogens with zero attached hydrogens (tertiary/aromatic N) is 1. The van der Waals surface area contributed by atoms with Gasteiger partial charge in [0.2, 0.25) is 0 Å². The van der Waals surface area contributed by atoms with E-state index < -0.39 is 23.6 Å². The lowest BCUT2D eigenvalue weighted by atomic mass is 9.88. The summed E-state index contributed by atoms with van der Waals surface area (Å²) in [4.78, 5) is 27.2. The summed E-state index contributed by atoms with van der Waals surface area (Å²) in [7, 11) is 1.25. The molecule has 168 valence electrons. The molecular weight excluding hydrogens is 418 g/mol. The lowest BCUT2D eigenvalue weighted by molar-refractivity contribution is -0.136. The number of ether oxygens (including phenoxy) is 2. The number of urea groups is 1. The second kappa shape index (κ2) is 9.38. The molecule has 2 aliphatic heterocycles. The number of para-hydroxylation sites is 1. The first-order chi connectivity index (χ1) is 15.5. The Morgan fingerprint density at radius 3 is 2.62 bits per heavy atom. The van der Waals surface area contributed by atoms with E-state index in [0.29, 0.717) is 37.3 Å². The van der Waals surface area contributed by atoms with Crippen LogP contribution in [0.2, 0.25) is 0 Å². The van der Waals surface area contributed by atoms with Gasteiger partial charge in [0, 0.05) is 17.7 Å². The highest BCUT2D eigenvalue weighted by Crippen LogP contribution is 2.44. The molecule has 2 aromatic carbocycles. The zero-order valence-corrected chi connectivity index (χ0v) is 17.6. The first-order valence-electron chi connectivity index (χ1n) is 10.5. The van der Waals surface area contributed by atoms with Gasteiger partial charge in [0.25, 0.3) is 0 Å². The summed E-state index contributed by atoms with van der Waals surface area (Å²) in [6.45, 7) is 0.588. The van der Waals surface area contributed by atoms with Crippen molar-refractivity contribution in [2.45, 2.75) is 31.3 Å². The van der Waals surface area contributed by atoms with Crippen molar-refractivity contribution in [2.75, 3.05) is 20.3 Å². The number of fused-ring (bicyclic) bond motifs is 2. The number of methoxy groups -OCH3 is 1. The van der Waals surface area contributed by atoms with Gasteiger partial charge in [-0.1, -0.05) is 18.2 Å². The van der Waals surface area contributed by atoms with Crippen LogP contribution in [0.5, 0.6) is 5.75 Å². The maximum absolute atomic E-state index is 14.5. The van der Waals surface area contributed by atoms with E-state index in [1.807, 2.05) is 30.3 Å². The molecule has 0 spiro atoms. The number of hydrogen-bond donors (Lipinski definition) is 1. The van der Waals surface area contributed by atoms with Gasteiger partial charge in [-0.25, -0.2) is 18.4 Å². The van der Waals surface area contributed by atoms with Crippen molar-refractivity contribution in [3.8, 4) is 5.75 Å². The number of nitrogens with one attached hydrogen (secondary N) is 1. The molecule has 8 heteroatoms. The van der Waals surface area contributed by atoms with E-state index >= 15 is 0 Å². The fourth-order valence-corrected chi connectivity index (χ4v) is 4.51. The van der Waals surface area contributed by atoms with E-state index in [1.165, 1.54) is 13.2 Å². The average Bonchev–Trinajstić information content (AvgIpc) is 3.10. The molecule has 0 saturated carbocycles. The van der Waals surface area contributed by atoms with Gasteiger partial charge in [-0.05, 0) is 49.1 Å². The zero-order chi connectivity index (χ0) is 22.7. The minimum atomic E-state index is -0.739. The largest absolute Gasteiger partial charge is 0.492 e. The van der Waals surface area contributed by atoms with Crippen molar-refractivity contribution >= 4 is 17.6 Å². The van der Waals surface area contributed by atoms with Crippen LogP contribution in [-0.2, 0) is 9.53 Å². The fraction of sp³-hybridized carbons (Fsp3) is 0.333. The Kier molecular flexibility index (Phi) is 6.39. The number of esters is 1. The standard InChI is InChI=1S/C24H24F2N2O4/c1-31-23(29)22-19(18-9-7-15(25)13-20(18)26)14-16-8-10-21(22)28(16)24(30)27-11-12-32-17-5-3-2-4-6-17/h2-7,9,13,16,21H,8,10-12,14H2,1H3,(H,27,30)/t16-,21+/m0/s1. The Hall–Kier alpha value is -3.42. The highest BCUT2D eigenvalue weighted by molar-refractivity contribution is 6.01. The number of amides is 2. The summed E-state index contributed by atoms with van der Waals surface area (Å²) in [5.41, 5.74) is 0.890. The molecule has 0 unspecified atom stereocenters. The van der Waals surface area contributed by atoms with Gasteiger partial charge in [0.1, 0.15) is 24.0 Å². The molecule has 6 nitrogen and oxygen atoms in total. The molecule has 2 atom stereocenters. The summed E-state index contributed by atoms with van der Waals surface area (Å²) < 4.78 is 38.5. The average molecular weight is 442 g/mol. The Bertz CT molecular complexity index is 1040. The molecule has 1 N–H and O–H groups in total. The van der Waals surface area contributed by atoms with E-state index in [1.54, 1.807) is 4.90 Å². The molecule has 32 heavy (non-hydrogen) atoms. The molecule has 4 rings (SSSR count). The molecule has 2 amide bonds. The SMILES string of the molecule is COC(=O)C1=C(c2ccc(F)cc2F)C[C@@H]2CC[C@H]1N2C(=O)NCCOc1ccccc1. The number of rotatable bonds is 6. The number of halogens is 2. The van der Waals surface area contributed by atoms with E-state index in [2.05, 4.69) is 5.32 Å². The van der Waals surface area contributed by atoms with E-state index in [0.717, 1.165) is 12.1 Å². The van der Waals surface area contributed by atoms with Crippen LogP contribution in [0.25, 0.3) is 5.57 Å². The third kappa shape index (κ3) is 4.30. The molecule has 1 saturated heterocycles. The Morgan fingerprint density at radius 2 is 1.91 bits per heavy atom. The van der Waals surface area contributed by atoms with Crippen molar-refractivity contribution in [1.29, 1.82) is 0 Å². The third-order valence-corrected chi connectivity index (χ3v) is 5.89. The molecule has 1 fully saturated rings. The van der Waals surface area contributed by atoms with Gasteiger partial charge in [0.15, 0.2) is 0 Å². The van der Waals surface area contributed by atoms with Crippen molar-refractivity contribution < 1.29 is 27.8 Å². The summed E-state index contributed by atoms with van der Waals surface area (Å²) in [5.74, 6) is -1.33. The predicted molar refractivity (Wildman–Crippen MR) is 114 cm³/mol. The maximum Gasteiger partial charge on any atom is 0.336 e. The second-order valence-corrected chi connectivity index (χ2v) is 7.76. The summed E-state index contributed by atoms with van der Waals surface area (Å²) in [5, 5.41) is 2.84. The monoisotopic (exact) mass is 442 g/mol. The highest BCUT2D eigenvalue weighted by Gasteiger charge is 2.47. The van der Waals surface area contributed by atoms with Crippen LogP contribution < -0.4 is 10.1 Å². The van der Waals surface area contributed by atoms with Gasteiger partial charge in [-0.3, -0.25) is 0 Å². The third-order valence-electron chi connectivity index (χ3n) is 5.89. The van der Waals surface area contributed by atoms with Gasteiger partial charge >= 0.3 is 12.0 Å². The smallest absolute Gasteiger partial charge is 0.336 e. The number of carbonyl (C=O) groups is 2. The molecule has 2 heterocycles. The van der Waals surface area contributed by atoms with Crippen LogP contribution >= 0.6 is 0 Å². The van der Waals surface area contributed by atoms with Gasteiger partial charge in [0.05, 0.1) is 25.3 Å². The van der Waals surface area contributed by atoms with Crippen molar-refractivity contribution in [3.05, 3.63) is 71.3 Å². The lowest BCUT2D eigenvalue weighted by Crippen LogP contribution is -2.51. The topological polar surface area (TPSA) is 67.9 Å². The molecule has 0 aromatic heterocycles. The van der Waals surface area contributed by atoms with Crippen LogP contribution in [0.3, 0.4) is 0 Å². The van der Waals surface area contributed by atoms with Gasteiger partial charge in [-0.15, -0.1) is 0 Å². The normalized spacial score (nSPS) is 19.7. The Labute approximate surface area is 184 Å². The summed E-state index contributed by atoms with van der Waals surface area (Å²) in [6.07, 6.45) is 1.53. The lowest BCUT2D eigenvalue weighted by Gasteiger charge is -2.37. The van der Waals surface area contributed by atoms with Crippen LogP contribution in [0, 0.1) is 11.6 Å². The van der Waals surface area contributed by atoms with Crippen LogP contribution in [0.15, 0.2) is 54.1 Å². The second-order valence-electron chi connectivity index (χ2n) is 7.76. The quantitative estimate of drug-likeness (QED) is 0.544. The predicted octanol–water partition coefficient (Wildman–Crippen LogP) is 3.92. The van der Waals surface area contributed by atoms with E-state index in [4.69, 9.17) is 9.47 Å². The first kappa shape index (κ1) is 21.8. The number of hydrogen-bond acceptors (Lipinski definition) is 4. The number of benzene rings is 2. The Balaban J connectivity index is 1.51. The molecule has 2 aromatic rings. The van der Waals surface area contributed by atoms with E-state index in [9.17, 15) is 18.4 Å². The number of carbonyl (C=O) groups excluding carboxylic acids is 2. The summed E-state index contributed by atoms with van der Waals surface area (Å²) >= 11 is 0. The van der Waals surface area contributed by atoms with Gasteiger partial charge in [-0.2, -0.15) is 0 Å². The van der Waals surface area contributed by atoms with Crippen molar-refractivity contribution in [3.63, 3.8) is 0 Å². The molecular formula is C24H24F2N2O4. The first-order valence-corrected chi connectivity index (χ1v) is 10.5. The highest BCUT2D eigenvalue weighted by atomic mass is 19.1. The fourth-order valence-electron chi connectivity index (χ4n) is 4.51. The minimum absolute atomic E-state index is 0.167. The zero-order valence-electron chi connectivity index (χ0n) is 17.6. The van der Waals surface area contributed by atoms with Crippen molar-refractivity contribution in [1.82, 2.24) is 10.2 Å².